The summed E-state index contributed by atoms with van der Waals surface area (Å²) in [6, 6.07) is 6.89. The van der Waals surface area contributed by atoms with Gasteiger partial charge in [0.1, 0.15) is 17.2 Å². The second kappa shape index (κ2) is 10.5. The molecule has 0 spiro atoms. The van der Waals surface area contributed by atoms with Crippen molar-refractivity contribution in [2.24, 2.45) is 0 Å². The van der Waals surface area contributed by atoms with Gasteiger partial charge in [0.25, 0.3) is 0 Å². The maximum absolute atomic E-state index is 15.2. The molecule has 0 aliphatic heterocycles. The standard InChI is InChI=1S/C26H20F2N6O4S/c1-2-8-39(36,37)34-21-6-5-20(27)22(23(21)28)24(35)19-14-31-25-18(19)9-15(10-30-25)16-11-32-26(33-12-16)38-17-4-3-7-29-13-17/h3-7,9-14,34H,2,8H2,1H3,(H,30,31). The fourth-order valence-corrected chi connectivity index (χ4v) is 4.97. The zero-order valence-corrected chi connectivity index (χ0v) is 21.2. The Morgan fingerprint density at radius 1 is 1.05 bits per heavy atom. The van der Waals surface area contributed by atoms with Crippen LogP contribution in [0.2, 0.25) is 0 Å². The highest BCUT2D eigenvalue weighted by Crippen LogP contribution is 2.30. The average molecular weight is 551 g/mol. The van der Waals surface area contributed by atoms with E-state index in [4.69, 9.17) is 4.74 Å². The third-order valence-electron chi connectivity index (χ3n) is 5.64. The van der Waals surface area contributed by atoms with Crippen molar-refractivity contribution in [2.45, 2.75) is 13.3 Å². The lowest BCUT2D eigenvalue weighted by molar-refractivity contribution is 0.103. The molecule has 0 radical (unpaired) electrons. The molecule has 2 N–H and O–H groups in total. The lowest BCUT2D eigenvalue weighted by Gasteiger charge is -2.11. The van der Waals surface area contributed by atoms with Gasteiger partial charge in [-0.3, -0.25) is 14.5 Å². The normalized spacial score (nSPS) is 11.5. The molecule has 0 amide bonds. The number of halogens is 2. The van der Waals surface area contributed by atoms with Crippen molar-refractivity contribution < 1.29 is 26.7 Å². The molecule has 4 aromatic heterocycles. The first-order valence-corrected chi connectivity index (χ1v) is 13.3. The van der Waals surface area contributed by atoms with Gasteiger partial charge in [-0.15, -0.1) is 0 Å². The van der Waals surface area contributed by atoms with Crippen LogP contribution in [0.1, 0.15) is 29.3 Å². The Balaban J connectivity index is 1.47. The van der Waals surface area contributed by atoms with Crippen molar-refractivity contribution in [3.8, 4) is 22.9 Å². The van der Waals surface area contributed by atoms with E-state index in [2.05, 4.69) is 29.6 Å². The number of nitrogens with zero attached hydrogens (tertiary/aromatic N) is 4. The van der Waals surface area contributed by atoms with Crippen LogP contribution >= 0.6 is 0 Å². The Kier molecular flexibility index (Phi) is 6.98. The van der Waals surface area contributed by atoms with E-state index in [1.54, 1.807) is 31.3 Å². The molecule has 0 fully saturated rings. The highest BCUT2D eigenvalue weighted by atomic mass is 32.2. The van der Waals surface area contributed by atoms with Crippen molar-refractivity contribution in [1.82, 2.24) is 24.9 Å². The molecule has 0 aliphatic carbocycles. The molecule has 5 rings (SSSR count). The minimum atomic E-state index is -3.87. The summed E-state index contributed by atoms with van der Waals surface area (Å²) in [5, 5.41) is 0.295. The van der Waals surface area contributed by atoms with Gasteiger partial charge in [-0.05, 0) is 36.8 Å². The van der Waals surface area contributed by atoms with Crippen LogP contribution in [0.15, 0.2) is 67.5 Å². The number of anilines is 1. The second-order valence-electron chi connectivity index (χ2n) is 8.40. The Morgan fingerprint density at radius 2 is 1.82 bits per heavy atom. The van der Waals surface area contributed by atoms with E-state index in [0.717, 1.165) is 12.1 Å². The molecule has 0 saturated heterocycles. The summed E-state index contributed by atoms with van der Waals surface area (Å²) in [6.45, 7) is 1.64. The SMILES string of the molecule is CCCS(=O)(=O)Nc1ccc(F)c(C(=O)c2c[nH]c3ncc(-c4cnc(Oc5cccnc5)nc4)cc23)c1F. The van der Waals surface area contributed by atoms with E-state index in [9.17, 15) is 17.6 Å². The predicted molar refractivity (Wildman–Crippen MR) is 139 cm³/mol. The van der Waals surface area contributed by atoms with E-state index in [-0.39, 0.29) is 17.3 Å². The van der Waals surface area contributed by atoms with Crippen molar-refractivity contribution in [3.63, 3.8) is 0 Å². The summed E-state index contributed by atoms with van der Waals surface area (Å²) in [4.78, 5) is 32.7. The molecule has 0 unspecified atom stereocenters. The zero-order valence-electron chi connectivity index (χ0n) is 20.4. The minimum Gasteiger partial charge on any atom is -0.423 e. The van der Waals surface area contributed by atoms with Crippen LogP contribution in [0.25, 0.3) is 22.2 Å². The first-order valence-electron chi connectivity index (χ1n) is 11.7. The Hall–Kier alpha value is -4.78. The van der Waals surface area contributed by atoms with E-state index < -0.39 is 38.7 Å². The minimum absolute atomic E-state index is 0.0526. The summed E-state index contributed by atoms with van der Waals surface area (Å²) in [6.07, 6.45) is 9.23. The van der Waals surface area contributed by atoms with E-state index in [1.165, 1.54) is 31.0 Å². The Morgan fingerprint density at radius 3 is 2.54 bits per heavy atom. The van der Waals surface area contributed by atoms with Crippen LogP contribution in [0.5, 0.6) is 11.8 Å². The maximum atomic E-state index is 15.2. The molecule has 0 aliphatic rings. The fraction of sp³-hybridized carbons (Fsp3) is 0.115. The highest BCUT2D eigenvalue weighted by Gasteiger charge is 2.26. The topological polar surface area (TPSA) is 140 Å². The van der Waals surface area contributed by atoms with Gasteiger partial charge in [-0.25, -0.2) is 32.2 Å². The number of sulfonamides is 1. The summed E-state index contributed by atoms with van der Waals surface area (Å²) >= 11 is 0. The number of ether oxygens (including phenoxy) is 1. The summed E-state index contributed by atoms with van der Waals surface area (Å²) in [7, 11) is -3.87. The molecule has 0 saturated carbocycles. The molecule has 13 heteroatoms. The Labute approximate surface area is 221 Å². The van der Waals surface area contributed by atoms with Gasteiger partial charge >= 0.3 is 6.01 Å². The van der Waals surface area contributed by atoms with Gasteiger partial charge < -0.3 is 9.72 Å². The number of carbonyl (C=O) groups is 1. The quantitative estimate of drug-likeness (QED) is 0.248. The largest absolute Gasteiger partial charge is 0.423 e. The summed E-state index contributed by atoms with van der Waals surface area (Å²) in [5.74, 6) is -3.22. The lowest BCUT2D eigenvalue weighted by atomic mass is 10.0. The zero-order chi connectivity index (χ0) is 27.6. The molecule has 39 heavy (non-hydrogen) atoms. The summed E-state index contributed by atoms with van der Waals surface area (Å²) in [5.41, 5.74) is -0.0718. The lowest BCUT2D eigenvalue weighted by Crippen LogP contribution is -2.18. The Bertz CT molecular complexity index is 1780. The average Bonchev–Trinajstić information content (AvgIpc) is 3.35. The molecule has 198 valence electrons. The molecule has 4 heterocycles. The molecular formula is C26H20F2N6O4S. The van der Waals surface area contributed by atoms with Gasteiger partial charge in [-0.1, -0.05) is 6.92 Å². The molecule has 5 aromatic rings. The van der Waals surface area contributed by atoms with Crippen LogP contribution in [0.4, 0.5) is 14.5 Å². The maximum Gasteiger partial charge on any atom is 0.321 e. The number of hydrogen-bond donors (Lipinski definition) is 2. The number of benzene rings is 1. The highest BCUT2D eigenvalue weighted by molar-refractivity contribution is 7.92. The van der Waals surface area contributed by atoms with Gasteiger partial charge in [0.15, 0.2) is 5.82 Å². The van der Waals surface area contributed by atoms with Crippen molar-refractivity contribution >= 4 is 32.5 Å². The third-order valence-corrected chi connectivity index (χ3v) is 7.11. The van der Waals surface area contributed by atoms with Crippen LogP contribution in [-0.2, 0) is 10.0 Å². The number of aromatic amines is 1. The van der Waals surface area contributed by atoms with Gasteiger partial charge in [0, 0.05) is 53.1 Å². The molecule has 0 bridgehead atoms. The van der Waals surface area contributed by atoms with Crippen molar-refractivity contribution in [1.29, 1.82) is 0 Å². The van der Waals surface area contributed by atoms with Crippen LogP contribution in [0, 0.1) is 11.6 Å². The van der Waals surface area contributed by atoms with Crippen LogP contribution < -0.4 is 9.46 Å². The molecular weight excluding hydrogens is 530 g/mol. The van der Waals surface area contributed by atoms with Crippen LogP contribution in [-0.4, -0.2) is 44.9 Å². The number of pyridine rings is 2. The number of fused-ring (bicyclic) bond motifs is 1. The number of ketones is 1. The second-order valence-corrected chi connectivity index (χ2v) is 10.2. The number of carbonyl (C=O) groups excluding carboxylic acids is 1. The van der Waals surface area contributed by atoms with E-state index >= 15 is 4.39 Å². The van der Waals surface area contributed by atoms with Crippen LogP contribution in [0.3, 0.4) is 0 Å². The van der Waals surface area contributed by atoms with Gasteiger partial charge in [0.05, 0.1) is 23.2 Å². The fourth-order valence-electron chi connectivity index (χ4n) is 3.84. The first-order chi connectivity index (χ1) is 18.8. The van der Waals surface area contributed by atoms with Gasteiger partial charge in [-0.2, -0.15) is 0 Å². The third kappa shape index (κ3) is 5.43. The van der Waals surface area contributed by atoms with E-state index in [0.29, 0.717) is 34.3 Å². The first kappa shape index (κ1) is 25.9. The van der Waals surface area contributed by atoms with Crippen molar-refractivity contribution in [2.75, 3.05) is 10.5 Å². The number of aromatic nitrogens is 5. The monoisotopic (exact) mass is 550 g/mol. The van der Waals surface area contributed by atoms with E-state index in [1.807, 2.05) is 0 Å². The number of nitrogens with one attached hydrogen (secondary N) is 2. The van der Waals surface area contributed by atoms with Crippen molar-refractivity contribution in [3.05, 3.63) is 90.3 Å². The number of hydrogen-bond acceptors (Lipinski definition) is 8. The van der Waals surface area contributed by atoms with Gasteiger partial charge in [0.2, 0.25) is 15.8 Å². The predicted octanol–water partition coefficient (Wildman–Crippen LogP) is 4.87. The smallest absolute Gasteiger partial charge is 0.321 e. The number of H-pyrrole nitrogens is 1. The summed E-state index contributed by atoms with van der Waals surface area (Å²) < 4.78 is 61.8. The molecule has 0 atom stereocenters. The number of rotatable bonds is 9. The molecule has 1 aromatic carbocycles. The molecule has 10 nitrogen and oxygen atoms in total.